The lowest BCUT2D eigenvalue weighted by atomic mass is 9.92. The number of hydrogen-bond acceptors (Lipinski definition) is 6. The van der Waals surface area contributed by atoms with Crippen molar-refractivity contribution in [3.05, 3.63) is 12.2 Å². The summed E-state index contributed by atoms with van der Waals surface area (Å²) in [4.78, 5) is 36.4. The number of halogens is 4. The van der Waals surface area contributed by atoms with Crippen LogP contribution in [-0.4, -0.2) is 49.1 Å². The molecule has 3 unspecified atom stereocenters. The number of carbonyl (C=O) groups excluding carboxylic acids is 3. The van der Waals surface area contributed by atoms with Crippen LogP contribution < -0.4 is 0 Å². The van der Waals surface area contributed by atoms with Gasteiger partial charge in [0, 0.05) is 17.4 Å². The molecule has 10 heteroatoms. The highest BCUT2D eigenvalue weighted by molar-refractivity contribution is 5.87. The molecule has 0 amide bonds. The van der Waals surface area contributed by atoms with Crippen molar-refractivity contribution in [3.63, 3.8) is 0 Å². The molecule has 0 rings (SSSR count). The normalized spacial score (nSPS) is 14.4. The van der Waals surface area contributed by atoms with Gasteiger partial charge in [-0.1, -0.05) is 72.8 Å². The first-order chi connectivity index (χ1) is 17.3. The summed E-state index contributed by atoms with van der Waals surface area (Å²) in [6.07, 6.45) is 2.67. The summed E-state index contributed by atoms with van der Waals surface area (Å²) in [5.41, 5.74) is -0.0150. The first-order valence-corrected chi connectivity index (χ1v) is 13.3. The van der Waals surface area contributed by atoms with E-state index in [1.54, 1.807) is 0 Å². The molecule has 0 spiro atoms. The van der Waals surface area contributed by atoms with Crippen molar-refractivity contribution in [1.82, 2.24) is 0 Å². The molecule has 0 aromatic carbocycles. The van der Waals surface area contributed by atoms with Gasteiger partial charge < -0.3 is 14.2 Å². The molecule has 0 radical (unpaired) electrons. The molecular weight excluding hydrogens is 496 g/mol. The molecular formula is C27H44F4O6. The first-order valence-electron chi connectivity index (χ1n) is 13.3. The Hall–Kier alpha value is -2.13. The van der Waals surface area contributed by atoms with Gasteiger partial charge in [-0.25, -0.2) is 14.4 Å². The van der Waals surface area contributed by atoms with Gasteiger partial charge in [-0.2, -0.15) is 17.6 Å². The summed E-state index contributed by atoms with van der Waals surface area (Å²) in [6.45, 7) is 9.88. The van der Waals surface area contributed by atoms with E-state index >= 15 is 0 Å². The molecule has 0 saturated heterocycles. The van der Waals surface area contributed by atoms with Gasteiger partial charge in [-0.15, -0.1) is 0 Å². The fraction of sp³-hybridized carbons (Fsp3) is 0.815. The molecule has 216 valence electrons. The lowest BCUT2D eigenvalue weighted by molar-refractivity contribution is -0.199. The molecule has 0 aliphatic rings. The Morgan fingerprint density at radius 2 is 1.16 bits per heavy atom. The third-order valence-electron chi connectivity index (χ3n) is 6.29. The van der Waals surface area contributed by atoms with Crippen LogP contribution in [0.15, 0.2) is 12.2 Å². The number of unbranched alkanes of at least 4 members (excludes halogenated alkanes) is 4. The van der Waals surface area contributed by atoms with Gasteiger partial charge in [0.25, 0.3) is 0 Å². The third kappa shape index (κ3) is 11.9. The quantitative estimate of drug-likeness (QED) is 0.0542. The van der Waals surface area contributed by atoms with E-state index in [9.17, 15) is 31.9 Å². The van der Waals surface area contributed by atoms with Crippen LogP contribution >= 0.6 is 0 Å². The van der Waals surface area contributed by atoms with Crippen LogP contribution in [0.5, 0.6) is 0 Å². The van der Waals surface area contributed by atoms with E-state index in [1.807, 2.05) is 13.8 Å². The minimum absolute atomic E-state index is 0.0127. The van der Waals surface area contributed by atoms with Crippen LogP contribution in [0.4, 0.5) is 17.6 Å². The lowest BCUT2D eigenvalue weighted by Crippen LogP contribution is -2.44. The van der Waals surface area contributed by atoms with E-state index in [-0.39, 0.29) is 31.3 Å². The Kier molecular flexibility index (Phi) is 16.4. The third-order valence-corrected chi connectivity index (χ3v) is 6.29. The van der Waals surface area contributed by atoms with Crippen LogP contribution in [0.1, 0.15) is 98.8 Å². The van der Waals surface area contributed by atoms with Crippen molar-refractivity contribution >= 4 is 17.9 Å². The second-order valence-corrected chi connectivity index (χ2v) is 9.45. The monoisotopic (exact) mass is 540 g/mol. The van der Waals surface area contributed by atoms with Crippen LogP contribution in [-0.2, 0) is 28.6 Å². The Morgan fingerprint density at radius 1 is 0.730 bits per heavy atom. The number of hydrogen-bond donors (Lipinski definition) is 0. The average Bonchev–Trinajstić information content (AvgIpc) is 2.84. The second kappa shape index (κ2) is 17.4. The molecule has 6 nitrogen and oxygen atoms in total. The molecule has 0 heterocycles. The summed E-state index contributed by atoms with van der Waals surface area (Å²) >= 11 is 0. The van der Waals surface area contributed by atoms with Gasteiger partial charge in [0.1, 0.15) is 13.2 Å². The Labute approximate surface area is 218 Å². The number of carbonyl (C=O) groups is 3. The van der Waals surface area contributed by atoms with Gasteiger partial charge in [0.2, 0.25) is 0 Å². The fourth-order valence-corrected chi connectivity index (χ4v) is 3.80. The van der Waals surface area contributed by atoms with E-state index in [2.05, 4.69) is 6.58 Å². The minimum atomic E-state index is -3.86. The fourth-order valence-electron chi connectivity index (χ4n) is 3.80. The van der Waals surface area contributed by atoms with E-state index in [0.29, 0.717) is 12.8 Å². The van der Waals surface area contributed by atoms with Gasteiger partial charge in [0.05, 0.1) is 0 Å². The average molecular weight is 541 g/mol. The van der Waals surface area contributed by atoms with Gasteiger partial charge >= 0.3 is 29.8 Å². The Bertz CT molecular complexity index is 726. The van der Waals surface area contributed by atoms with Gasteiger partial charge in [-0.05, 0) is 32.6 Å². The summed E-state index contributed by atoms with van der Waals surface area (Å²) < 4.78 is 73.6. The van der Waals surface area contributed by atoms with Crippen LogP contribution in [0.3, 0.4) is 0 Å². The van der Waals surface area contributed by atoms with Crippen molar-refractivity contribution in [2.75, 3.05) is 13.2 Å². The standard InChI is InChI=1S/C27H44F4O6/c1-7-11-13-15-20(9-3)26(28,29)24(33)36-18-22(17-35-23(32)19(5)6)37-25(34)27(30,31)21(10-4)16-14-12-8-2/h20-22H,5,7-18H2,1-4,6H3. The highest BCUT2D eigenvalue weighted by Crippen LogP contribution is 2.34. The van der Waals surface area contributed by atoms with Crippen molar-refractivity contribution in [1.29, 1.82) is 0 Å². The van der Waals surface area contributed by atoms with Crippen molar-refractivity contribution in [2.24, 2.45) is 11.8 Å². The number of alkyl halides is 4. The van der Waals surface area contributed by atoms with Gasteiger partial charge in [0.15, 0.2) is 6.10 Å². The van der Waals surface area contributed by atoms with E-state index in [4.69, 9.17) is 14.2 Å². The second-order valence-electron chi connectivity index (χ2n) is 9.45. The minimum Gasteiger partial charge on any atom is -0.458 e. The largest absolute Gasteiger partial charge is 0.458 e. The number of rotatable bonds is 20. The van der Waals surface area contributed by atoms with E-state index in [1.165, 1.54) is 20.8 Å². The van der Waals surface area contributed by atoms with Crippen molar-refractivity contribution in [2.45, 2.75) is 117 Å². The molecule has 0 aromatic rings. The lowest BCUT2D eigenvalue weighted by Gasteiger charge is -2.28. The molecule has 0 bridgehead atoms. The number of esters is 3. The molecule has 0 aliphatic heterocycles. The zero-order valence-electron chi connectivity index (χ0n) is 22.9. The molecule has 3 atom stereocenters. The van der Waals surface area contributed by atoms with Crippen LogP contribution in [0, 0.1) is 11.8 Å². The maximum absolute atomic E-state index is 14.9. The maximum Gasteiger partial charge on any atom is 0.377 e. The zero-order chi connectivity index (χ0) is 28.6. The zero-order valence-corrected chi connectivity index (χ0v) is 22.9. The molecule has 37 heavy (non-hydrogen) atoms. The summed E-state index contributed by atoms with van der Waals surface area (Å²) in [5.74, 6) is -14.9. The maximum atomic E-state index is 14.9. The Morgan fingerprint density at radius 3 is 1.57 bits per heavy atom. The summed E-state index contributed by atoms with van der Waals surface area (Å²) in [6, 6.07) is 0. The molecule has 0 aromatic heterocycles. The van der Waals surface area contributed by atoms with Gasteiger partial charge in [-0.3, -0.25) is 0 Å². The SMILES string of the molecule is C=C(C)C(=O)OCC(COC(=O)C(F)(F)C(CC)CCCCC)OC(=O)C(F)(F)C(CC)CCCCC. The molecule has 0 aliphatic carbocycles. The van der Waals surface area contributed by atoms with Crippen molar-refractivity contribution < 1.29 is 46.2 Å². The Balaban J connectivity index is 5.48. The number of ether oxygens (including phenoxy) is 3. The first kappa shape index (κ1) is 34.9. The van der Waals surface area contributed by atoms with Crippen LogP contribution in [0.2, 0.25) is 0 Å². The van der Waals surface area contributed by atoms with E-state index in [0.717, 1.165) is 25.7 Å². The summed E-state index contributed by atoms with van der Waals surface area (Å²) in [7, 11) is 0. The molecule has 0 fully saturated rings. The smallest absolute Gasteiger partial charge is 0.377 e. The highest BCUT2D eigenvalue weighted by Gasteiger charge is 2.50. The predicted octanol–water partition coefficient (Wildman–Crippen LogP) is 7.04. The predicted molar refractivity (Wildman–Crippen MR) is 132 cm³/mol. The topological polar surface area (TPSA) is 78.9 Å². The van der Waals surface area contributed by atoms with Crippen LogP contribution in [0.25, 0.3) is 0 Å². The summed E-state index contributed by atoms with van der Waals surface area (Å²) in [5, 5.41) is 0. The molecule has 0 saturated carbocycles. The highest BCUT2D eigenvalue weighted by atomic mass is 19.3. The van der Waals surface area contributed by atoms with E-state index < -0.39 is 60.9 Å². The van der Waals surface area contributed by atoms with Crippen molar-refractivity contribution in [3.8, 4) is 0 Å². The molecule has 0 N–H and O–H groups in total.